The molecule has 2 aromatic carbocycles. The minimum absolute atomic E-state index is 0.0673. The van der Waals surface area contributed by atoms with E-state index in [1.54, 1.807) is 7.11 Å². The maximum Gasteiger partial charge on any atom is 0.193 e. The van der Waals surface area contributed by atoms with Crippen LogP contribution in [0.5, 0.6) is 5.75 Å². The molecule has 0 aliphatic heterocycles. The van der Waals surface area contributed by atoms with E-state index >= 15 is 0 Å². The van der Waals surface area contributed by atoms with Crippen LogP contribution < -0.4 is 4.74 Å². The summed E-state index contributed by atoms with van der Waals surface area (Å²) in [6, 6.07) is 13.5. The van der Waals surface area contributed by atoms with Gasteiger partial charge in [0.05, 0.1) is 7.11 Å². The van der Waals surface area contributed by atoms with Crippen LogP contribution in [0, 0.1) is 0 Å². The van der Waals surface area contributed by atoms with E-state index in [2.05, 4.69) is 13.8 Å². The molecule has 0 heterocycles. The van der Waals surface area contributed by atoms with Gasteiger partial charge >= 0.3 is 0 Å². The molecule has 0 aliphatic rings. The van der Waals surface area contributed by atoms with Crippen LogP contribution in [0.2, 0.25) is 0 Å². The van der Waals surface area contributed by atoms with E-state index in [-0.39, 0.29) is 5.78 Å². The van der Waals surface area contributed by atoms with Crippen molar-refractivity contribution in [2.45, 2.75) is 26.7 Å². The number of ketones is 1. The average Bonchev–Trinajstić information content (AvgIpc) is 2.53. The lowest BCUT2D eigenvalue weighted by atomic mass is 9.98. The van der Waals surface area contributed by atoms with Crippen molar-refractivity contribution in [3.8, 4) is 5.75 Å². The second-order valence-electron chi connectivity index (χ2n) is 4.76. The Labute approximate surface area is 120 Å². The minimum atomic E-state index is 0.0673. The molecule has 2 heteroatoms. The Bertz CT molecular complexity index is 615. The van der Waals surface area contributed by atoms with Crippen LogP contribution >= 0.6 is 0 Å². The van der Waals surface area contributed by atoms with Gasteiger partial charge in [-0.05, 0) is 48.2 Å². The van der Waals surface area contributed by atoms with Crippen molar-refractivity contribution >= 4 is 5.78 Å². The number of hydrogen-bond acceptors (Lipinski definition) is 2. The molecule has 0 aliphatic carbocycles. The number of benzene rings is 2. The van der Waals surface area contributed by atoms with Crippen LogP contribution in [0.15, 0.2) is 42.5 Å². The van der Waals surface area contributed by atoms with Gasteiger partial charge in [-0.3, -0.25) is 4.79 Å². The monoisotopic (exact) mass is 268 g/mol. The van der Waals surface area contributed by atoms with E-state index in [1.165, 1.54) is 5.56 Å². The van der Waals surface area contributed by atoms with Crippen molar-refractivity contribution in [1.29, 1.82) is 0 Å². The molecule has 0 saturated heterocycles. The van der Waals surface area contributed by atoms with Gasteiger partial charge in [-0.2, -0.15) is 0 Å². The van der Waals surface area contributed by atoms with Gasteiger partial charge in [-0.15, -0.1) is 0 Å². The summed E-state index contributed by atoms with van der Waals surface area (Å²) in [6.45, 7) is 4.15. The number of carbonyl (C=O) groups excluding carboxylic acids is 1. The summed E-state index contributed by atoms with van der Waals surface area (Å²) < 4.78 is 5.30. The van der Waals surface area contributed by atoms with E-state index in [0.29, 0.717) is 0 Å². The first-order chi connectivity index (χ1) is 9.69. The number of rotatable bonds is 5. The lowest BCUT2D eigenvalue weighted by molar-refractivity contribution is 0.103. The molecular weight excluding hydrogens is 248 g/mol. The SMILES string of the molecule is CCc1cccc(C(=O)c2ccc(OC)c(CC)c2)c1. The van der Waals surface area contributed by atoms with Crippen LogP contribution in [-0.2, 0) is 12.8 Å². The van der Waals surface area contributed by atoms with Crippen LogP contribution in [0.1, 0.15) is 40.9 Å². The third-order valence-electron chi connectivity index (χ3n) is 3.52. The third kappa shape index (κ3) is 2.90. The zero-order valence-electron chi connectivity index (χ0n) is 12.3. The summed E-state index contributed by atoms with van der Waals surface area (Å²) in [7, 11) is 1.65. The molecule has 0 saturated carbocycles. The maximum absolute atomic E-state index is 12.5. The van der Waals surface area contributed by atoms with Gasteiger partial charge in [0.2, 0.25) is 0 Å². The molecule has 0 atom stereocenters. The van der Waals surface area contributed by atoms with E-state index in [0.717, 1.165) is 35.3 Å². The molecule has 20 heavy (non-hydrogen) atoms. The summed E-state index contributed by atoms with van der Waals surface area (Å²) in [4.78, 5) is 12.5. The van der Waals surface area contributed by atoms with Crippen LogP contribution in [-0.4, -0.2) is 12.9 Å². The second kappa shape index (κ2) is 6.38. The lowest BCUT2D eigenvalue weighted by Crippen LogP contribution is -2.03. The average molecular weight is 268 g/mol. The van der Waals surface area contributed by atoms with Gasteiger partial charge in [-0.25, -0.2) is 0 Å². The van der Waals surface area contributed by atoms with Gasteiger partial charge < -0.3 is 4.74 Å². The summed E-state index contributed by atoms with van der Waals surface area (Å²) in [5.74, 6) is 0.906. The largest absolute Gasteiger partial charge is 0.496 e. The molecule has 0 fully saturated rings. The topological polar surface area (TPSA) is 26.3 Å². The van der Waals surface area contributed by atoms with Crippen molar-refractivity contribution in [2.75, 3.05) is 7.11 Å². The zero-order chi connectivity index (χ0) is 14.5. The molecule has 2 nitrogen and oxygen atoms in total. The fourth-order valence-corrected chi connectivity index (χ4v) is 2.30. The highest BCUT2D eigenvalue weighted by atomic mass is 16.5. The fourth-order valence-electron chi connectivity index (χ4n) is 2.30. The maximum atomic E-state index is 12.5. The summed E-state index contributed by atoms with van der Waals surface area (Å²) in [5, 5.41) is 0. The van der Waals surface area contributed by atoms with Crippen LogP contribution in [0.25, 0.3) is 0 Å². The van der Waals surface area contributed by atoms with E-state index in [1.807, 2.05) is 42.5 Å². The van der Waals surface area contributed by atoms with Crippen molar-refractivity contribution in [1.82, 2.24) is 0 Å². The first kappa shape index (κ1) is 14.3. The highest BCUT2D eigenvalue weighted by molar-refractivity contribution is 6.09. The highest BCUT2D eigenvalue weighted by Crippen LogP contribution is 2.22. The summed E-state index contributed by atoms with van der Waals surface area (Å²) in [6.07, 6.45) is 1.78. The number of carbonyl (C=O) groups is 1. The third-order valence-corrected chi connectivity index (χ3v) is 3.52. The Morgan fingerprint density at radius 3 is 2.40 bits per heavy atom. The quantitative estimate of drug-likeness (QED) is 0.765. The Balaban J connectivity index is 2.37. The molecule has 0 aromatic heterocycles. The molecular formula is C18H20O2. The highest BCUT2D eigenvalue weighted by Gasteiger charge is 2.12. The Kier molecular flexibility index (Phi) is 4.57. The standard InChI is InChI=1S/C18H20O2/c1-4-13-7-6-8-15(11-13)18(19)16-9-10-17(20-3)14(5-2)12-16/h6-12H,4-5H2,1-3H3. The normalized spacial score (nSPS) is 10.3. The number of methoxy groups -OCH3 is 1. The molecule has 0 radical (unpaired) electrons. The zero-order valence-corrected chi connectivity index (χ0v) is 12.3. The van der Waals surface area contributed by atoms with Crippen molar-refractivity contribution in [3.05, 3.63) is 64.7 Å². The van der Waals surface area contributed by atoms with Crippen molar-refractivity contribution in [2.24, 2.45) is 0 Å². The molecule has 0 N–H and O–H groups in total. The van der Waals surface area contributed by atoms with Gasteiger partial charge in [0, 0.05) is 11.1 Å². The van der Waals surface area contributed by atoms with Crippen molar-refractivity contribution < 1.29 is 9.53 Å². The Hall–Kier alpha value is -2.09. The van der Waals surface area contributed by atoms with E-state index < -0.39 is 0 Å². The molecule has 0 unspecified atom stereocenters. The number of aryl methyl sites for hydroxylation is 2. The smallest absolute Gasteiger partial charge is 0.193 e. The van der Waals surface area contributed by atoms with Crippen LogP contribution in [0.4, 0.5) is 0 Å². The molecule has 0 bridgehead atoms. The van der Waals surface area contributed by atoms with Gasteiger partial charge in [0.15, 0.2) is 5.78 Å². The summed E-state index contributed by atoms with van der Waals surface area (Å²) >= 11 is 0. The Morgan fingerprint density at radius 1 is 1.00 bits per heavy atom. The van der Waals surface area contributed by atoms with Gasteiger partial charge in [0.25, 0.3) is 0 Å². The predicted octanol–water partition coefficient (Wildman–Crippen LogP) is 4.05. The number of ether oxygens (including phenoxy) is 1. The molecule has 104 valence electrons. The molecule has 2 rings (SSSR count). The number of hydrogen-bond donors (Lipinski definition) is 0. The van der Waals surface area contributed by atoms with Crippen LogP contribution in [0.3, 0.4) is 0 Å². The molecule has 0 amide bonds. The van der Waals surface area contributed by atoms with E-state index in [9.17, 15) is 4.79 Å². The first-order valence-corrected chi connectivity index (χ1v) is 7.00. The Morgan fingerprint density at radius 2 is 1.75 bits per heavy atom. The lowest BCUT2D eigenvalue weighted by Gasteiger charge is -2.09. The van der Waals surface area contributed by atoms with Crippen molar-refractivity contribution in [3.63, 3.8) is 0 Å². The molecule has 2 aromatic rings. The predicted molar refractivity (Wildman–Crippen MR) is 81.6 cm³/mol. The molecule has 0 spiro atoms. The first-order valence-electron chi connectivity index (χ1n) is 7.00. The second-order valence-corrected chi connectivity index (χ2v) is 4.76. The minimum Gasteiger partial charge on any atom is -0.496 e. The van der Waals surface area contributed by atoms with Gasteiger partial charge in [-0.1, -0.05) is 32.0 Å². The van der Waals surface area contributed by atoms with E-state index in [4.69, 9.17) is 4.74 Å². The fraction of sp³-hybridized carbons (Fsp3) is 0.278. The summed E-state index contributed by atoms with van der Waals surface area (Å²) in [5.41, 5.74) is 3.71. The van der Waals surface area contributed by atoms with Gasteiger partial charge in [0.1, 0.15) is 5.75 Å².